The third-order valence-electron chi connectivity index (χ3n) is 10.6. The van der Waals surface area contributed by atoms with E-state index in [-0.39, 0.29) is 10.9 Å². The molecule has 0 N–H and O–H groups in total. The van der Waals surface area contributed by atoms with Gasteiger partial charge in [0.15, 0.2) is 0 Å². The molecule has 2 aliphatic carbocycles. The van der Waals surface area contributed by atoms with Gasteiger partial charge >= 0.3 is 281 Å². The predicted octanol–water partition coefficient (Wildman–Crippen LogP) is 12.0. The van der Waals surface area contributed by atoms with Gasteiger partial charge in [-0.05, 0) is 0 Å². The molecule has 3 unspecified atom stereocenters. The molecule has 0 saturated carbocycles. The van der Waals surface area contributed by atoms with Crippen LogP contribution in [-0.2, 0) is 16.4 Å². The Morgan fingerprint density at radius 3 is 1.42 bits per heavy atom. The molecule has 0 aromatic heterocycles. The third kappa shape index (κ3) is 5.19. The van der Waals surface area contributed by atoms with Crippen LogP contribution in [0.15, 0.2) is 96.1 Å². The fourth-order valence-electron chi connectivity index (χ4n) is 8.10. The Bertz CT molecular complexity index is 1720. The number of halogens is 2. The van der Waals surface area contributed by atoms with E-state index in [9.17, 15) is 0 Å². The Morgan fingerprint density at radius 2 is 1.04 bits per heavy atom. The van der Waals surface area contributed by atoms with Gasteiger partial charge in [0.1, 0.15) is 0 Å². The molecular formula is C40H45Cl2N2Zr. The number of rotatable bonds is 8. The van der Waals surface area contributed by atoms with E-state index in [0.717, 1.165) is 6.42 Å². The van der Waals surface area contributed by atoms with Gasteiger partial charge in [-0.2, -0.15) is 0 Å². The molecule has 0 bridgehead atoms. The van der Waals surface area contributed by atoms with E-state index < -0.39 is 16.4 Å². The number of allylic oxidation sites excluding steroid dienone is 2. The van der Waals surface area contributed by atoms with E-state index in [2.05, 4.69) is 163 Å². The average molecular weight is 716 g/mol. The molecule has 0 spiro atoms. The Hall–Kier alpha value is -2.58. The Kier molecular flexibility index (Phi) is 8.56. The quantitative estimate of drug-likeness (QED) is 0.179. The summed E-state index contributed by atoms with van der Waals surface area (Å²) in [5, 5.41) is 0. The van der Waals surface area contributed by atoms with Gasteiger partial charge in [0.2, 0.25) is 0 Å². The summed E-state index contributed by atoms with van der Waals surface area (Å²) in [5.74, 6) is 0. The molecule has 6 rings (SSSR count). The first kappa shape index (κ1) is 32.4. The van der Waals surface area contributed by atoms with Crippen LogP contribution in [0, 0.1) is 0 Å². The molecule has 0 aliphatic heterocycles. The molecular weight excluding hydrogens is 671 g/mol. The first-order valence-corrected chi connectivity index (χ1v) is 26.7. The Morgan fingerprint density at radius 1 is 0.644 bits per heavy atom. The maximum absolute atomic E-state index is 8.51. The molecule has 3 atom stereocenters. The summed E-state index contributed by atoms with van der Waals surface area (Å²) < 4.78 is 0.253. The molecule has 2 aliphatic rings. The van der Waals surface area contributed by atoms with Crippen molar-refractivity contribution in [1.82, 2.24) is 0 Å². The fraction of sp³-hybridized carbons (Fsp3) is 0.300. The second-order valence-electron chi connectivity index (χ2n) is 13.7. The molecule has 0 heterocycles. The normalized spacial score (nSPS) is 18.8. The summed E-state index contributed by atoms with van der Waals surface area (Å²) in [7, 11) is 25.4. The zero-order valence-corrected chi connectivity index (χ0v) is 31.8. The number of benzene rings is 4. The third-order valence-corrected chi connectivity index (χ3v) is 35.0. The molecule has 4 aromatic rings. The fourth-order valence-corrected chi connectivity index (χ4v) is 31.2. The number of hydrogen-bond donors (Lipinski definition) is 0. The van der Waals surface area contributed by atoms with Crippen LogP contribution < -0.4 is 9.80 Å². The van der Waals surface area contributed by atoms with E-state index in [0.29, 0.717) is 0 Å². The van der Waals surface area contributed by atoms with Gasteiger partial charge in [-0.1, -0.05) is 0 Å². The zero-order chi connectivity index (χ0) is 32.3. The van der Waals surface area contributed by atoms with Gasteiger partial charge in [0, 0.05) is 0 Å². The van der Waals surface area contributed by atoms with Gasteiger partial charge in [-0.15, -0.1) is 0 Å². The summed E-state index contributed by atoms with van der Waals surface area (Å²) in [6, 6.07) is 31.1. The molecule has 4 aromatic carbocycles. The zero-order valence-electron chi connectivity index (χ0n) is 27.8. The average Bonchev–Trinajstić information content (AvgIpc) is 3.57. The van der Waals surface area contributed by atoms with Gasteiger partial charge in [0.25, 0.3) is 0 Å². The van der Waals surface area contributed by atoms with Gasteiger partial charge in [-0.25, -0.2) is 0 Å². The van der Waals surface area contributed by atoms with Crippen molar-refractivity contribution in [3.05, 3.63) is 118 Å². The summed E-state index contributed by atoms with van der Waals surface area (Å²) in [5.41, 5.74) is 15.1. The Balaban J connectivity index is 1.54. The molecule has 0 radical (unpaired) electrons. The number of fused-ring (bicyclic) bond motifs is 2. The van der Waals surface area contributed by atoms with Crippen LogP contribution in [0.25, 0.3) is 34.4 Å². The SMILES string of the molecule is CC[CH](C)[Zr]([Cl])([Cl])([CH]1C(C)=Cc2c(-c3cccc(N(C)C)c3)cccc21)[CH]1C(C)=Cc2c(-c3cccc(N(C)C)c3)cccc21. The van der Waals surface area contributed by atoms with E-state index in [1.54, 1.807) is 0 Å². The molecule has 45 heavy (non-hydrogen) atoms. The first-order chi connectivity index (χ1) is 21.4. The standard InChI is InChI=1S/2C18H18N.C4H9.2ClH.Zr/c2*1-13-10-14-7-5-9-17(18(14)11-13)15-6-4-8-16(12-15)19(2)3;1-3-4-2;;;/h2*4-12H,1-3H3;3H,4H2,1-2H3;2*1H;/q;;;;;+2/p-2. The van der Waals surface area contributed by atoms with E-state index in [1.165, 1.54) is 67.0 Å². The van der Waals surface area contributed by atoms with Gasteiger partial charge < -0.3 is 0 Å². The van der Waals surface area contributed by atoms with Crippen LogP contribution >= 0.6 is 17.0 Å². The van der Waals surface area contributed by atoms with Crippen LogP contribution in [-0.4, -0.2) is 28.2 Å². The second-order valence-corrected chi connectivity index (χ2v) is 36.1. The first-order valence-electron chi connectivity index (χ1n) is 16.1. The van der Waals surface area contributed by atoms with Gasteiger partial charge in [0.05, 0.1) is 0 Å². The molecule has 2 nitrogen and oxygen atoms in total. The number of nitrogens with zero attached hydrogens (tertiary/aromatic N) is 2. The minimum atomic E-state index is -4.92. The maximum atomic E-state index is 8.51. The predicted molar refractivity (Wildman–Crippen MR) is 197 cm³/mol. The van der Waals surface area contributed by atoms with Crippen molar-refractivity contribution < 1.29 is 16.4 Å². The van der Waals surface area contributed by atoms with E-state index in [1.807, 2.05) is 0 Å². The Labute approximate surface area is 278 Å². The number of hydrogen-bond acceptors (Lipinski definition) is 2. The molecule has 233 valence electrons. The van der Waals surface area contributed by atoms with Gasteiger partial charge in [-0.3, -0.25) is 0 Å². The molecule has 0 amide bonds. The summed E-state index contributed by atoms with van der Waals surface area (Å²) in [6.45, 7) is 9.13. The van der Waals surface area contributed by atoms with E-state index in [4.69, 9.17) is 17.0 Å². The van der Waals surface area contributed by atoms with Crippen molar-refractivity contribution in [1.29, 1.82) is 0 Å². The minimum absolute atomic E-state index is 0.0247. The van der Waals surface area contributed by atoms with E-state index >= 15 is 0 Å². The summed E-state index contributed by atoms with van der Waals surface area (Å²) in [4.78, 5) is 4.32. The van der Waals surface area contributed by atoms with Crippen molar-refractivity contribution in [2.75, 3.05) is 38.0 Å². The summed E-state index contributed by atoms with van der Waals surface area (Å²) in [6.07, 6.45) is 5.72. The molecule has 0 fully saturated rings. The molecule has 5 heteroatoms. The van der Waals surface area contributed by atoms with Crippen molar-refractivity contribution in [3.8, 4) is 22.3 Å². The van der Waals surface area contributed by atoms with Crippen LogP contribution in [0.1, 0.15) is 63.6 Å². The van der Waals surface area contributed by atoms with Crippen molar-refractivity contribution >= 4 is 40.6 Å². The second kappa shape index (κ2) is 11.9. The topological polar surface area (TPSA) is 6.48 Å². The summed E-state index contributed by atoms with van der Waals surface area (Å²) >= 11 is -4.92. The van der Waals surface area contributed by atoms with Crippen molar-refractivity contribution in [2.45, 2.75) is 45.0 Å². The van der Waals surface area contributed by atoms with Crippen molar-refractivity contribution in [3.63, 3.8) is 0 Å². The molecule has 0 saturated heterocycles. The van der Waals surface area contributed by atoms with Crippen molar-refractivity contribution in [2.24, 2.45) is 0 Å². The van der Waals surface area contributed by atoms with Crippen LogP contribution in [0.2, 0.25) is 3.63 Å². The van der Waals surface area contributed by atoms with Crippen LogP contribution in [0.4, 0.5) is 11.4 Å². The number of anilines is 2. The monoisotopic (exact) mass is 713 g/mol. The van der Waals surface area contributed by atoms with Crippen LogP contribution in [0.3, 0.4) is 0 Å². The van der Waals surface area contributed by atoms with Crippen LogP contribution in [0.5, 0.6) is 0 Å².